The Kier molecular flexibility index (Phi) is 4.32. The zero-order chi connectivity index (χ0) is 20.7. The lowest BCUT2D eigenvalue weighted by Crippen LogP contribution is -2.04. The van der Waals surface area contributed by atoms with E-state index in [4.69, 9.17) is 0 Å². The Morgan fingerprint density at radius 3 is 1.77 bits per heavy atom. The van der Waals surface area contributed by atoms with Crippen molar-refractivity contribution in [3.8, 4) is 22.3 Å². The van der Waals surface area contributed by atoms with Gasteiger partial charge in [-0.25, -0.2) is 0 Å². The summed E-state index contributed by atoms with van der Waals surface area (Å²) in [5.74, 6) is 0. The summed E-state index contributed by atoms with van der Waals surface area (Å²) in [7, 11) is 0. The smallest absolute Gasteiger partial charge is 0.166 e. The number of hydrogen-bond donors (Lipinski definition) is 0. The summed E-state index contributed by atoms with van der Waals surface area (Å²) in [6.07, 6.45) is -4.35. The molecule has 0 radical (unpaired) electrons. The lowest BCUT2D eigenvalue weighted by Gasteiger charge is -2.16. The molecule has 0 atom stereocenters. The summed E-state index contributed by atoms with van der Waals surface area (Å²) in [6.45, 7) is 0. The Bertz CT molecular complexity index is 1360. The standard InChI is InChI=1S/C27H17F3/c28-27(29,30)21-15-12-20(13-16-21)24-17-14-19-7-2-4-10-23(19)26(24)25-11-5-8-18-6-1-3-9-22(18)25/h1-17H. The van der Waals surface area contributed by atoms with E-state index in [-0.39, 0.29) is 0 Å². The average Bonchev–Trinajstić information content (AvgIpc) is 2.77. The highest BCUT2D eigenvalue weighted by Crippen LogP contribution is 2.41. The molecule has 0 spiro atoms. The van der Waals surface area contributed by atoms with Crippen LogP contribution < -0.4 is 0 Å². The van der Waals surface area contributed by atoms with Crippen LogP contribution in [0.2, 0.25) is 0 Å². The molecule has 3 heteroatoms. The highest BCUT2D eigenvalue weighted by Gasteiger charge is 2.30. The maximum atomic E-state index is 13.0. The van der Waals surface area contributed by atoms with Crippen molar-refractivity contribution in [3.63, 3.8) is 0 Å². The van der Waals surface area contributed by atoms with Gasteiger partial charge in [0.2, 0.25) is 0 Å². The first-order valence-corrected chi connectivity index (χ1v) is 9.70. The van der Waals surface area contributed by atoms with Gasteiger partial charge in [0.1, 0.15) is 0 Å². The summed E-state index contributed by atoms with van der Waals surface area (Å²) in [5.41, 5.74) is 3.14. The molecule has 0 aliphatic rings. The van der Waals surface area contributed by atoms with Crippen LogP contribution in [0.15, 0.2) is 103 Å². The van der Waals surface area contributed by atoms with E-state index in [1.165, 1.54) is 0 Å². The number of rotatable bonds is 2. The average molecular weight is 398 g/mol. The van der Waals surface area contributed by atoms with Crippen molar-refractivity contribution in [2.75, 3.05) is 0 Å². The van der Waals surface area contributed by atoms with Crippen LogP contribution in [0, 0.1) is 0 Å². The Hall–Kier alpha value is -3.59. The van der Waals surface area contributed by atoms with Crippen LogP contribution in [0.25, 0.3) is 43.8 Å². The first-order chi connectivity index (χ1) is 14.5. The van der Waals surface area contributed by atoms with Gasteiger partial charge < -0.3 is 0 Å². The second-order valence-corrected chi connectivity index (χ2v) is 7.31. The van der Waals surface area contributed by atoms with E-state index in [1.807, 2.05) is 42.5 Å². The van der Waals surface area contributed by atoms with E-state index >= 15 is 0 Å². The van der Waals surface area contributed by atoms with E-state index in [0.29, 0.717) is 0 Å². The van der Waals surface area contributed by atoms with Crippen LogP contribution >= 0.6 is 0 Å². The van der Waals surface area contributed by atoms with Crippen molar-refractivity contribution in [2.24, 2.45) is 0 Å². The van der Waals surface area contributed by atoms with Crippen LogP contribution in [0.3, 0.4) is 0 Å². The van der Waals surface area contributed by atoms with Gasteiger partial charge in [0.15, 0.2) is 0 Å². The summed E-state index contributed by atoms with van der Waals surface area (Å²) in [5, 5.41) is 4.41. The normalized spacial score (nSPS) is 11.8. The first kappa shape index (κ1) is 18.4. The van der Waals surface area contributed by atoms with Crippen molar-refractivity contribution < 1.29 is 13.2 Å². The molecule has 0 aromatic heterocycles. The van der Waals surface area contributed by atoms with E-state index in [0.717, 1.165) is 55.9 Å². The minimum atomic E-state index is -4.35. The fraction of sp³-hybridized carbons (Fsp3) is 0.0370. The zero-order valence-electron chi connectivity index (χ0n) is 15.9. The fourth-order valence-electron chi connectivity index (χ4n) is 4.08. The molecule has 0 N–H and O–H groups in total. The van der Waals surface area contributed by atoms with Crippen LogP contribution in [-0.4, -0.2) is 0 Å². The number of halogens is 3. The molecule has 0 bridgehead atoms. The van der Waals surface area contributed by atoms with E-state index in [1.54, 1.807) is 12.1 Å². The molecule has 30 heavy (non-hydrogen) atoms. The van der Waals surface area contributed by atoms with Gasteiger partial charge in [-0.15, -0.1) is 0 Å². The molecule has 0 heterocycles. The van der Waals surface area contributed by atoms with Gasteiger partial charge in [-0.05, 0) is 55.9 Å². The minimum absolute atomic E-state index is 0.640. The van der Waals surface area contributed by atoms with Crippen molar-refractivity contribution in [1.29, 1.82) is 0 Å². The largest absolute Gasteiger partial charge is 0.416 e. The number of hydrogen-bond acceptors (Lipinski definition) is 0. The van der Waals surface area contributed by atoms with Crippen LogP contribution in [0.4, 0.5) is 13.2 Å². The number of benzene rings is 5. The van der Waals surface area contributed by atoms with Crippen LogP contribution in [-0.2, 0) is 6.18 Å². The second kappa shape index (κ2) is 7.03. The van der Waals surface area contributed by atoms with Crippen molar-refractivity contribution in [2.45, 2.75) is 6.18 Å². The molecule has 0 saturated carbocycles. The molecule has 0 aliphatic carbocycles. The van der Waals surface area contributed by atoms with Gasteiger partial charge in [0, 0.05) is 0 Å². The Balaban J connectivity index is 1.82. The molecule has 0 unspecified atom stereocenters. The fourth-order valence-corrected chi connectivity index (χ4v) is 4.08. The Morgan fingerprint density at radius 1 is 0.467 bits per heavy atom. The predicted molar refractivity (Wildman–Crippen MR) is 117 cm³/mol. The molecular weight excluding hydrogens is 381 g/mol. The third-order valence-electron chi connectivity index (χ3n) is 5.51. The highest BCUT2D eigenvalue weighted by molar-refractivity contribution is 6.10. The molecule has 5 aromatic rings. The number of fused-ring (bicyclic) bond motifs is 2. The lowest BCUT2D eigenvalue weighted by molar-refractivity contribution is -0.137. The summed E-state index contributed by atoms with van der Waals surface area (Å²) >= 11 is 0. The minimum Gasteiger partial charge on any atom is -0.166 e. The summed E-state index contributed by atoms with van der Waals surface area (Å²) in [6, 6.07) is 31.9. The van der Waals surface area contributed by atoms with Gasteiger partial charge in [-0.1, -0.05) is 91.0 Å². The SMILES string of the molecule is FC(F)(F)c1ccc(-c2ccc3ccccc3c2-c2cccc3ccccc23)cc1. The number of alkyl halides is 3. The van der Waals surface area contributed by atoms with Gasteiger partial charge >= 0.3 is 6.18 Å². The first-order valence-electron chi connectivity index (χ1n) is 9.70. The van der Waals surface area contributed by atoms with Crippen molar-refractivity contribution >= 4 is 21.5 Å². The van der Waals surface area contributed by atoms with Gasteiger partial charge in [0.25, 0.3) is 0 Å². The molecule has 0 amide bonds. The zero-order valence-corrected chi connectivity index (χ0v) is 15.9. The van der Waals surface area contributed by atoms with E-state index < -0.39 is 11.7 Å². The Morgan fingerprint density at radius 2 is 1.07 bits per heavy atom. The maximum Gasteiger partial charge on any atom is 0.416 e. The third-order valence-corrected chi connectivity index (χ3v) is 5.51. The molecule has 5 rings (SSSR count). The highest BCUT2D eigenvalue weighted by atomic mass is 19.4. The second-order valence-electron chi connectivity index (χ2n) is 7.31. The third kappa shape index (κ3) is 3.13. The quantitative estimate of drug-likeness (QED) is 0.280. The molecule has 0 fully saturated rings. The topological polar surface area (TPSA) is 0 Å². The van der Waals surface area contributed by atoms with Crippen molar-refractivity contribution in [1.82, 2.24) is 0 Å². The van der Waals surface area contributed by atoms with Gasteiger partial charge in [0.05, 0.1) is 5.56 Å². The maximum absolute atomic E-state index is 13.0. The monoisotopic (exact) mass is 398 g/mol. The molecule has 5 aromatic carbocycles. The Labute approximate surface area is 172 Å². The molecular formula is C27H17F3. The molecule has 0 aliphatic heterocycles. The molecule has 0 nitrogen and oxygen atoms in total. The molecule has 0 saturated heterocycles. The summed E-state index contributed by atoms with van der Waals surface area (Å²) < 4.78 is 39.1. The van der Waals surface area contributed by atoms with E-state index in [2.05, 4.69) is 36.4 Å². The van der Waals surface area contributed by atoms with Crippen molar-refractivity contribution in [3.05, 3.63) is 109 Å². The van der Waals surface area contributed by atoms with Crippen LogP contribution in [0.5, 0.6) is 0 Å². The summed E-state index contributed by atoms with van der Waals surface area (Å²) in [4.78, 5) is 0. The van der Waals surface area contributed by atoms with Gasteiger partial charge in [-0.3, -0.25) is 0 Å². The van der Waals surface area contributed by atoms with Crippen LogP contribution in [0.1, 0.15) is 5.56 Å². The lowest BCUT2D eigenvalue weighted by atomic mass is 9.87. The predicted octanol–water partition coefficient (Wildman–Crippen LogP) is 8.35. The van der Waals surface area contributed by atoms with E-state index in [9.17, 15) is 13.2 Å². The molecule has 146 valence electrons. The van der Waals surface area contributed by atoms with Gasteiger partial charge in [-0.2, -0.15) is 13.2 Å².